The molecule has 1 aliphatic heterocycles. The van der Waals surface area contributed by atoms with E-state index in [0.717, 1.165) is 29.6 Å². The molecule has 0 spiro atoms. The molecule has 31 heavy (non-hydrogen) atoms. The molecule has 0 unspecified atom stereocenters. The highest BCUT2D eigenvalue weighted by molar-refractivity contribution is 7.88. The molecule has 1 aromatic heterocycles. The number of benzene rings is 2. The van der Waals surface area contributed by atoms with Crippen molar-refractivity contribution in [3.63, 3.8) is 0 Å². The van der Waals surface area contributed by atoms with Crippen LogP contribution in [-0.4, -0.2) is 35.3 Å². The van der Waals surface area contributed by atoms with E-state index < -0.39 is 21.8 Å². The molecule has 5 nitrogen and oxygen atoms in total. The standard InChI is InChI=1S/C21H19F4N3O2S/c1-31(29,30)27-11-10-19-18(13-27)20(15-4-6-16(7-5-15)21(23,24)25)26-28(19)12-14-2-8-17(22)9-3-14/h2-9H,10-13H2,1H3. The minimum absolute atomic E-state index is 0.0912. The Balaban J connectivity index is 1.77. The molecular formula is C21H19F4N3O2S. The van der Waals surface area contributed by atoms with Gasteiger partial charge in [0.1, 0.15) is 5.82 Å². The monoisotopic (exact) mass is 453 g/mol. The summed E-state index contributed by atoms with van der Waals surface area (Å²) in [6.45, 7) is 0.712. The lowest BCUT2D eigenvalue weighted by Gasteiger charge is -2.25. The van der Waals surface area contributed by atoms with Crippen molar-refractivity contribution < 1.29 is 26.0 Å². The van der Waals surface area contributed by atoms with Gasteiger partial charge in [0.05, 0.1) is 24.1 Å². The Morgan fingerprint density at radius 1 is 1.03 bits per heavy atom. The first kappa shape index (κ1) is 21.5. The highest BCUT2D eigenvalue weighted by Crippen LogP contribution is 2.34. The SMILES string of the molecule is CS(=O)(=O)N1CCc2c(c(-c3ccc(C(F)(F)F)cc3)nn2Cc2ccc(F)cc2)C1. The number of alkyl halides is 3. The molecule has 0 fully saturated rings. The van der Waals surface area contributed by atoms with Crippen molar-refractivity contribution >= 4 is 10.0 Å². The summed E-state index contributed by atoms with van der Waals surface area (Å²) in [5, 5.41) is 4.61. The van der Waals surface area contributed by atoms with E-state index >= 15 is 0 Å². The summed E-state index contributed by atoms with van der Waals surface area (Å²) in [7, 11) is -3.44. The number of aromatic nitrogens is 2. The van der Waals surface area contributed by atoms with Crippen molar-refractivity contribution in [2.24, 2.45) is 0 Å². The Kier molecular flexibility index (Phi) is 5.38. The van der Waals surface area contributed by atoms with Crippen LogP contribution < -0.4 is 0 Å². The fraction of sp³-hybridized carbons (Fsp3) is 0.286. The predicted molar refractivity (Wildman–Crippen MR) is 107 cm³/mol. The molecule has 10 heteroatoms. The highest BCUT2D eigenvalue weighted by Gasteiger charge is 2.32. The van der Waals surface area contributed by atoms with E-state index in [2.05, 4.69) is 5.10 Å². The number of hydrogen-bond acceptors (Lipinski definition) is 3. The van der Waals surface area contributed by atoms with Gasteiger partial charge in [-0.05, 0) is 29.8 Å². The summed E-state index contributed by atoms with van der Waals surface area (Å²) < 4.78 is 79.2. The summed E-state index contributed by atoms with van der Waals surface area (Å²) >= 11 is 0. The number of hydrogen-bond donors (Lipinski definition) is 0. The third kappa shape index (κ3) is 4.49. The second-order valence-electron chi connectivity index (χ2n) is 7.48. The molecule has 0 bridgehead atoms. The van der Waals surface area contributed by atoms with Gasteiger partial charge < -0.3 is 0 Å². The van der Waals surface area contributed by atoms with Crippen LogP contribution in [0.1, 0.15) is 22.4 Å². The van der Waals surface area contributed by atoms with Crippen molar-refractivity contribution in [3.8, 4) is 11.3 Å². The molecule has 0 N–H and O–H groups in total. The molecule has 0 amide bonds. The van der Waals surface area contributed by atoms with Crippen molar-refractivity contribution in [2.75, 3.05) is 12.8 Å². The molecule has 0 atom stereocenters. The van der Waals surface area contributed by atoms with Gasteiger partial charge in [-0.1, -0.05) is 24.3 Å². The van der Waals surface area contributed by atoms with E-state index in [4.69, 9.17) is 0 Å². The van der Waals surface area contributed by atoms with E-state index in [1.165, 1.54) is 28.6 Å². The summed E-state index contributed by atoms with van der Waals surface area (Å²) in [5.41, 5.74) is 2.43. The van der Waals surface area contributed by atoms with Gasteiger partial charge in [0.25, 0.3) is 0 Å². The molecule has 1 aliphatic rings. The molecule has 4 rings (SSSR count). The molecule has 2 heterocycles. The van der Waals surface area contributed by atoms with Crippen LogP contribution in [0.5, 0.6) is 0 Å². The first-order valence-corrected chi connectivity index (χ1v) is 11.3. The van der Waals surface area contributed by atoms with Gasteiger partial charge in [0.2, 0.25) is 10.0 Å². The molecular weight excluding hydrogens is 434 g/mol. The van der Waals surface area contributed by atoms with Crippen molar-refractivity contribution in [1.29, 1.82) is 0 Å². The molecule has 3 aromatic rings. The van der Waals surface area contributed by atoms with Crippen LogP contribution in [0.15, 0.2) is 48.5 Å². The Morgan fingerprint density at radius 2 is 1.68 bits per heavy atom. The average molecular weight is 453 g/mol. The number of rotatable bonds is 4. The van der Waals surface area contributed by atoms with Crippen LogP contribution in [-0.2, 0) is 35.7 Å². The van der Waals surface area contributed by atoms with Gasteiger partial charge >= 0.3 is 6.18 Å². The summed E-state index contributed by atoms with van der Waals surface area (Å²) in [5.74, 6) is -0.361. The lowest BCUT2D eigenvalue weighted by atomic mass is 10.0. The van der Waals surface area contributed by atoms with E-state index in [1.807, 2.05) is 0 Å². The second kappa shape index (κ2) is 7.76. The molecule has 0 radical (unpaired) electrons. The third-order valence-corrected chi connectivity index (χ3v) is 6.55. The van der Waals surface area contributed by atoms with E-state index in [1.54, 1.807) is 16.8 Å². The highest BCUT2D eigenvalue weighted by atomic mass is 32.2. The second-order valence-corrected chi connectivity index (χ2v) is 9.46. The van der Waals surface area contributed by atoms with Gasteiger partial charge in [-0.25, -0.2) is 12.8 Å². The largest absolute Gasteiger partial charge is 0.416 e. The van der Waals surface area contributed by atoms with Crippen LogP contribution in [0, 0.1) is 5.82 Å². The topological polar surface area (TPSA) is 55.2 Å². The predicted octanol–water partition coefficient (Wildman–Crippen LogP) is 4.07. The maximum absolute atomic E-state index is 13.2. The first-order valence-electron chi connectivity index (χ1n) is 9.48. The third-order valence-electron chi connectivity index (χ3n) is 5.30. The van der Waals surface area contributed by atoms with Gasteiger partial charge in [-0.3, -0.25) is 4.68 Å². The molecule has 0 aliphatic carbocycles. The normalized spacial score (nSPS) is 15.1. The molecule has 164 valence electrons. The van der Waals surface area contributed by atoms with Crippen molar-refractivity contribution in [3.05, 3.63) is 76.7 Å². The number of halogens is 4. The van der Waals surface area contributed by atoms with E-state index in [-0.39, 0.29) is 18.9 Å². The van der Waals surface area contributed by atoms with Crippen LogP contribution in [0.2, 0.25) is 0 Å². The average Bonchev–Trinajstić information content (AvgIpc) is 3.06. The fourth-order valence-corrected chi connectivity index (χ4v) is 4.48. The van der Waals surface area contributed by atoms with E-state index in [9.17, 15) is 26.0 Å². The van der Waals surface area contributed by atoms with Gasteiger partial charge in [-0.2, -0.15) is 22.6 Å². The summed E-state index contributed by atoms with van der Waals surface area (Å²) in [6, 6.07) is 10.6. The van der Waals surface area contributed by atoms with Crippen LogP contribution in [0.3, 0.4) is 0 Å². The lowest BCUT2D eigenvalue weighted by Crippen LogP contribution is -2.35. The molecule has 0 saturated heterocycles. The Morgan fingerprint density at radius 3 is 2.26 bits per heavy atom. The Bertz CT molecular complexity index is 1200. The van der Waals surface area contributed by atoms with E-state index in [0.29, 0.717) is 29.8 Å². The molecule has 2 aromatic carbocycles. The zero-order valence-electron chi connectivity index (χ0n) is 16.5. The quantitative estimate of drug-likeness (QED) is 0.560. The summed E-state index contributed by atoms with van der Waals surface area (Å²) in [6.07, 6.45) is -2.91. The van der Waals surface area contributed by atoms with Crippen LogP contribution in [0.25, 0.3) is 11.3 Å². The summed E-state index contributed by atoms with van der Waals surface area (Å²) in [4.78, 5) is 0. The lowest BCUT2D eigenvalue weighted by molar-refractivity contribution is -0.137. The number of fused-ring (bicyclic) bond motifs is 1. The smallest absolute Gasteiger partial charge is 0.264 e. The van der Waals surface area contributed by atoms with Crippen molar-refractivity contribution in [2.45, 2.75) is 25.7 Å². The first-order chi connectivity index (χ1) is 14.5. The Labute approximate surface area is 177 Å². The number of sulfonamides is 1. The minimum Gasteiger partial charge on any atom is -0.264 e. The van der Waals surface area contributed by atoms with Gasteiger partial charge in [-0.15, -0.1) is 0 Å². The number of nitrogens with zero attached hydrogens (tertiary/aromatic N) is 3. The van der Waals surface area contributed by atoms with Crippen LogP contribution >= 0.6 is 0 Å². The zero-order valence-corrected chi connectivity index (χ0v) is 17.3. The van der Waals surface area contributed by atoms with Crippen LogP contribution in [0.4, 0.5) is 17.6 Å². The molecule has 0 saturated carbocycles. The zero-order chi connectivity index (χ0) is 22.4. The van der Waals surface area contributed by atoms with Crippen molar-refractivity contribution in [1.82, 2.24) is 14.1 Å². The minimum atomic E-state index is -4.45. The maximum atomic E-state index is 13.2. The fourth-order valence-electron chi connectivity index (χ4n) is 3.69. The van der Waals surface area contributed by atoms with Gasteiger partial charge in [0.15, 0.2) is 0 Å². The maximum Gasteiger partial charge on any atom is 0.416 e. The van der Waals surface area contributed by atoms with Gasteiger partial charge in [0, 0.05) is 36.3 Å². The Hall–Kier alpha value is -2.72.